The highest BCUT2D eigenvalue weighted by Gasteiger charge is 2.38. The second-order valence-electron chi connectivity index (χ2n) is 4.67. The fourth-order valence-electron chi connectivity index (χ4n) is 2.29. The Kier molecular flexibility index (Phi) is 4.29. The fourth-order valence-corrected chi connectivity index (χ4v) is 2.45. The summed E-state index contributed by atoms with van der Waals surface area (Å²) in [5.41, 5.74) is -0.427. The Morgan fingerprint density at radius 3 is 2.81 bits per heavy atom. The van der Waals surface area contributed by atoms with E-state index in [0.29, 0.717) is 0 Å². The van der Waals surface area contributed by atoms with Crippen molar-refractivity contribution in [3.05, 3.63) is 33.1 Å². The SMILES string of the molecule is CN(c1cc(Cl)c(F)cc1[N+](=O)[O-])C1COCC1C(=O)O. The molecule has 1 N–H and O–H groups in total. The van der Waals surface area contributed by atoms with Gasteiger partial charge in [-0.25, -0.2) is 4.39 Å². The topological polar surface area (TPSA) is 92.9 Å². The number of hydrogen-bond acceptors (Lipinski definition) is 5. The van der Waals surface area contributed by atoms with Crippen molar-refractivity contribution in [2.45, 2.75) is 6.04 Å². The Balaban J connectivity index is 2.43. The highest BCUT2D eigenvalue weighted by atomic mass is 35.5. The summed E-state index contributed by atoms with van der Waals surface area (Å²) in [7, 11) is 1.49. The minimum atomic E-state index is -1.06. The largest absolute Gasteiger partial charge is 0.481 e. The Bertz CT molecular complexity index is 597. The van der Waals surface area contributed by atoms with Gasteiger partial charge in [0, 0.05) is 7.05 Å². The van der Waals surface area contributed by atoms with E-state index in [1.807, 2.05) is 0 Å². The molecule has 1 fully saturated rings. The number of rotatable bonds is 4. The van der Waals surface area contributed by atoms with Crippen molar-refractivity contribution >= 4 is 28.9 Å². The van der Waals surface area contributed by atoms with Crippen LogP contribution in [-0.2, 0) is 9.53 Å². The minimum Gasteiger partial charge on any atom is -0.481 e. The van der Waals surface area contributed by atoms with Gasteiger partial charge in [0.25, 0.3) is 5.69 Å². The maximum absolute atomic E-state index is 13.4. The second kappa shape index (κ2) is 5.82. The Hall–Kier alpha value is -1.93. The summed E-state index contributed by atoms with van der Waals surface area (Å²) in [5.74, 6) is -2.78. The summed E-state index contributed by atoms with van der Waals surface area (Å²) >= 11 is 5.67. The van der Waals surface area contributed by atoms with Crippen molar-refractivity contribution in [1.29, 1.82) is 0 Å². The quantitative estimate of drug-likeness (QED) is 0.673. The number of benzene rings is 1. The van der Waals surface area contributed by atoms with Crippen LogP contribution in [0, 0.1) is 21.8 Å². The van der Waals surface area contributed by atoms with Crippen molar-refractivity contribution in [3.63, 3.8) is 0 Å². The summed E-state index contributed by atoms with van der Waals surface area (Å²) in [6.07, 6.45) is 0. The van der Waals surface area contributed by atoms with Gasteiger partial charge in [0.2, 0.25) is 0 Å². The molecule has 0 radical (unpaired) electrons. The van der Waals surface area contributed by atoms with E-state index < -0.39 is 34.4 Å². The number of carboxylic acid groups (broad SMARTS) is 1. The van der Waals surface area contributed by atoms with Crippen LogP contribution in [0.4, 0.5) is 15.8 Å². The van der Waals surface area contributed by atoms with Crippen molar-refractivity contribution in [2.24, 2.45) is 5.92 Å². The fraction of sp³-hybridized carbons (Fsp3) is 0.417. The molecular formula is C12H12ClFN2O5. The molecule has 1 aromatic carbocycles. The average molecular weight is 319 g/mol. The van der Waals surface area contributed by atoms with Gasteiger partial charge in [-0.3, -0.25) is 14.9 Å². The molecule has 9 heteroatoms. The lowest BCUT2D eigenvalue weighted by Crippen LogP contribution is -2.41. The predicted molar refractivity (Wildman–Crippen MR) is 72.2 cm³/mol. The summed E-state index contributed by atoms with van der Waals surface area (Å²) in [5, 5.41) is 19.9. The molecule has 1 heterocycles. The van der Waals surface area contributed by atoms with Crippen LogP contribution < -0.4 is 4.90 Å². The van der Waals surface area contributed by atoms with Gasteiger partial charge in [0.15, 0.2) is 0 Å². The van der Waals surface area contributed by atoms with Crippen LogP contribution in [0.5, 0.6) is 0 Å². The maximum Gasteiger partial charge on any atom is 0.311 e. The van der Waals surface area contributed by atoms with Gasteiger partial charge in [0.1, 0.15) is 17.4 Å². The normalized spacial score (nSPS) is 21.3. The van der Waals surface area contributed by atoms with E-state index >= 15 is 0 Å². The summed E-state index contributed by atoms with van der Waals surface area (Å²) < 4.78 is 18.5. The molecule has 1 aromatic rings. The van der Waals surface area contributed by atoms with Crippen molar-refractivity contribution in [2.75, 3.05) is 25.2 Å². The Morgan fingerprint density at radius 1 is 1.57 bits per heavy atom. The van der Waals surface area contributed by atoms with Crippen molar-refractivity contribution in [1.82, 2.24) is 0 Å². The number of halogens is 2. The molecule has 2 atom stereocenters. The molecule has 1 aliphatic heterocycles. The first-order chi connectivity index (χ1) is 9.82. The summed E-state index contributed by atoms with van der Waals surface area (Å²) in [4.78, 5) is 22.9. The van der Waals surface area contributed by atoms with Gasteiger partial charge in [-0.05, 0) is 6.07 Å². The van der Waals surface area contributed by atoms with Gasteiger partial charge in [0.05, 0.1) is 35.3 Å². The van der Waals surface area contributed by atoms with Crippen molar-refractivity contribution in [3.8, 4) is 0 Å². The summed E-state index contributed by atoms with van der Waals surface area (Å²) in [6.45, 7) is 0.132. The monoisotopic (exact) mass is 318 g/mol. The van der Waals surface area contributed by atoms with E-state index in [4.69, 9.17) is 21.4 Å². The third-order valence-electron chi connectivity index (χ3n) is 3.46. The zero-order valence-electron chi connectivity index (χ0n) is 11.0. The van der Waals surface area contributed by atoms with Gasteiger partial charge >= 0.3 is 5.97 Å². The lowest BCUT2D eigenvalue weighted by atomic mass is 10.0. The maximum atomic E-state index is 13.4. The molecule has 0 spiro atoms. The molecule has 1 saturated heterocycles. The van der Waals surface area contributed by atoms with Crippen LogP contribution in [0.15, 0.2) is 12.1 Å². The van der Waals surface area contributed by atoms with Crippen LogP contribution in [0.1, 0.15) is 0 Å². The zero-order chi connectivity index (χ0) is 15.7. The van der Waals surface area contributed by atoms with E-state index in [1.54, 1.807) is 0 Å². The molecule has 0 bridgehead atoms. The van der Waals surface area contributed by atoms with Gasteiger partial charge in [-0.1, -0.05) is 11.6 Å². The first-order valence-electron chi connectivity index (χ1n) is 5.99. The number of nitro benzene ring substituents is 1. The van der Waals surface area contributed by atoms with Crippen LogP contribution in [-0.4, -0.2) is 42.3 Å². The number of nitrogens with zero attached hydrogens (tertiary/aromatic N) is 2. The van der Waals surface area contributed by atoms with Crippen LogP contribution in [0.2, 0.25) is 5.02 Å². The zero-order valence-corrected chi connectivity index (χ0v) is 11.7. The highest BCUT2D eigenvalue weighted by Crippen LogP contribution is 2.35. The molecule has 0 aromatic heterocycles. The lowest BCUT2D eigenvalue weighted by molar-refractivity contribution is -0.384. The number of aliphatic carboxylic acids is 1. The molecule has 0 aliphatic carbocycles. The molecule has 7 nitrogen and oxygen atoms in total. The number of likely N-dealkylation sites (N-methyl/N-ethyl adjacent to an activating group) is 1. The number of anilines is 1. The van der Waals surface area contributed by atoms with Crippen LogP contribution >= 0.6 is 11.6 Å². The third-order valence-corrected chi connectivity index (χ3v) is 3.75. The predicted octanol–water partition coefficient (Wildman–Crippen LogP) is 1.92. The molecular weight excluding hydrogens is 307 g/mol. The first-order valence-corrected chi connectivity index (χ1v) is 6.37. The number of carbonyl (C=O) groups is 1. The van der Waals surface area contributed by atoms with E-state index in [9.17, 15) is 19.3 Å². The van der Waals surface area contributed by atoms with E-state index in [1.165, 1.54) is 11.9 Å². The van der Waals surface area contributed by atoms with Gasteiger partial charge < -0.3 is 14.7 Å². The Morgan fingerprint density at radius 2 is 2.24 bits per heavy atom. The minimum absolute atomic E-state index is 0.0209. The Labute approximate surface area is 124 Å². The number of carboxylic acids is 1. The van der Waals surface area contributed by atoms with Crippen LogP contribution in [0.25, 0.3) is 0 Å². The third kappa shape index (κ3) is 2.91. The molecule has 21 heavy (non-hydrogen) atoms. The molecule has 114 valence electrons. The molecule has 2 unspecified atom stereocenters. The number of hydrogen-bond donors (Lipinski definition) is 1. The lowest BCUT2D eigenvalue weighted by Gasteiger charge is -2.28. The molecule has 1 aliphatic rings. The molecule has 2 rings (SSSR count). The highest BCUT2D eigenvalue weighted by molar-refractivity contribution is 6.31. The molecule has 0 amide bonds. The van der Waals surface area contributed by atoms with Crippen molar-refractivity contribution < 1.29 is 24.0 Å². The first kappa shape index (κ1) is 15.5. The van der Waals surface area contributed by atoms with E-state index in [0.717, 1.165) is 12.1 Å². The number of ether oxygens (including phenoxy) is 1. The smallest absolute Gasteiger partial charge is 0.311 e. The van der Waals surface area contributed by atoms with E-state index in [2.05, 4.69) is 0 Å². The molecule has 0 saturated carbocycles. The standard InChI is InChI=1S/C12H12ClFN2O5/c1-15(11-5-21-4-6(11)12(17)18)9-2-7(13)8(14)3-10(9)16(19)20/h2-3,6,11H,4-5H2,1H3,(H,17,18). The van der Waals surface area contributed by atoms with Crippen LogP contribution in [0.3, 0.4) is 0 Å². The summed E-state index contributed by atoms with van der Waals surface area (Å²) in [6, 6.07) is 1.24. The van der Waals surface area contributed by atoms with Gasteiger partial charge in [-0.2, -0.15) is 0 Å². The van der Waals surface area contributed by atoms with E-state index in [-0.39, 0.29) is 23.9 Å². The second-order valence-corrected chi connectivity index (χ2v) is 5.08. The number of nitro groups is 1. The average Bonchev–Trinajstić information content (AvgIpc) is 2.89. The van der Waals surface area contributed by atoms with Gasteiger partial charge in [-0.15, -0.1) is 0 Å².